The predicted octanol–water partition coefficient (Wildman–Crippen LogP) is 3.25. The zero-order chi connectivity index (χ0) is 17.9. The Balaban J connectivity index is 1.58. The van der Waals surface area contributed by atoms with Gasteiger partial charge in [-0.25, -0.2) is 13.1 Å². The number of likely N-dealkylation sites (tertiary alicyclic amines) is 1. The van der Waals surface area contributed by atoms with E-state index in [2.05, 4.69) is 33.9 Å². The van der Waals surface area contributed by atoms with Gasteiger partial charge in [0.2, 0.25) is 10.0 Å². The van der Waals surface area contributed by atoms with Gasteiger partial charge >= 0.3 is 0 Å². The summed E-state index contributed by atoms with van der Waals surface area (Å²) in [5.74, 6) is 0. The summed E-state index contributed by atoms with van der Waals surface area (Å²) in [6, 6.07) is 15.9. The Hall–Kier alpha value is -1.69. The van der Waals surface area contributed by atoms with E-state index in [0.29, 0.717) is 4.90 Å². The molecule has 2 aromatic carbocycles. The maximum Gasteiger partial charge on any atom is 0.241 e. The number of hydrogen-bond donors (Lipinski definition) is 1. The standard InChI is InChI=1S/C20H26N2O2S/c1-16-8-9-20(17(2)14-16)25(23,24)21-19-10-12-22(13-11-19)15-18-6-4-3-5-7-18/h3-9,14,19,21H,10-13,15H2,1-2H3. The monoisotopic (exact) mass is 358 g/mol. The van der Waals surface area contributed by atoms with Crippen LogP contribution in [0.5, 0.6) is 0 Å². The van der Waals surface area contributed by atoms with Gasteiger partial charge in [0.25, 0.3) is 0 Å². The van der Waals surface area contributed by atoms with Crippen LogP contribution in [0.4, 0.5) is 0 Å². The summed E-state index contributed by atoms with van der Waals surface area (Å²) in [7, 11) is -3.45. The van der Waals surface area contributed by atoms with Gasteiger partial charge in [0.15, 0.2) is 0 Å². The second kappa shape index (κ2) is 7.68. The molecule has 25 heavy (non-hydrogen) atoms. The topological polar surface area (TPSA) is 49.4 Å². The number of benzene rings is 2. The molecule has 0 spiro atoms. The molecular weight excluding hydrogens is 332 g/mol. The molecule has 1 N–H and O–H groups in total. The molecule has 1 saturated heterocycles. The summed E-state index contributed by atoms with van der Waals surface area (Å²) in [4.78, 5) is 2.78. The Labute approximate surface area is 150 Å². The SMILES string of the molecule is Cc1ccc(S(=O)(=O)NC2CCN(Cc3ccccc3)CC2)c(C)c1. The first-order valence-electron chi connectivity index (χ1n) is 8.80. The van der Waals surface area contributed by atoms with Crippen molar-refractivity contribution in [1.82, 2.24) is 9.62 Å². The molecule has 0 unspecified atom stereocenters. The molecule has 2 aromatic rings. The lowest BCUT2D eigenvalue weighted by atomic mass is 10.1. The molecule has 0 radical (unpaired) electrons. The van der Waals surface area contributed by atoms with Crippen LogP contribution in [0.2, 0.25) is 0 Å². The molecule has 134 valence electrons. The second-order valence-corrected chi connectivity index (χ2v) is 8.61. The van der Waals surface area contributed by atoms with E-state index in [4.69, 9.17) is 0 Å². The number of sulfonamides is 1. The maximum atomic E-state index is 12.7. The molecule has 0 amide bonds. The molecule has 0 aromatic heterocycles. The minimum absolute atomic E-state index is 0.0118. The van der Waals surface area contributed by atoms with Gasteiger partial charge < -0.3 is 0 Å². The van der Waals surface area contributed by atoms with Gasteiger partial charge in [0.1, 0.15) is 0 Å². The molecule has 1 heterocycles. The first kappa shape index (κ1) is 18.1. The van der Waals surface area contributed by atoms with E-state index in [-0.39, 0.29) is 6.04 Å². The van der Waals surface area contributed by atoms with Crippen LogP contribution in [0.25, 0.3) is 0 Å². The number of nitrogens with one attached hydrogen (secondary N) is 1. The minimum Gasteiger partial charge on any atom is -0.299 e. The van der Waals surface area contributed by atoms with Crippen molar-refractivity contribution in [2.75, 3.05) is 13.1 Å². The van der Waals surface area contributed by atoms with Crippen LogP contribution in [-0.4, -0.2) is 32.4 Å². The van der Waals surface area contributed by atoms with E-state index >= 15 is 0 Å². The predicted molar refractivity (Wildman–Crippen MR) is 101 cm³/mol. The summed E-state index contributed by atoms with van der Waals surface area (Å²) < 4.78 is 28.3. The van der Waals surface area contributed by atoms with Crippen molar-refractivity contribution < 1.29 is 8.42 Å². The van der Waals surface area contributed by atoms with Crippen LogP contribution in [0, 0.1) is 13.8 Å². The Morgan fingerprint density at radius 3 is 2.36 bits per heavy atom. The van der Waals surface area contributed by atoms with Crippen molar-refractivity contribution in [3.63, 3.8) is 0 Å². The first-order valence-corrected chi connectivity index (χ1v) is 10.3. The van der Waals surface area contributed by atoms with Gasteiger partial charge in [-0.3, -0.25) is 4.90 Å². The molecule has 1 fully saturated rings. The normalized spacial score (nSPS) is 16.9. The van der Waals surface area contributed by atoms with Crippen molar-refractivity contribution in [1.29, 1.82) is 0 Å². The molecule has 0 aliphatic carbocycles. The number of piperidine rings is 1. The van der Waals surface area contributed by atoms with Gasteiger partial charge in [0.05, 0.1) is 4.90 Å². The minimum atomic E-state index is -3.45. The van der Waals surface area contributed by atoms with Crippen LogP contribution in [0.15, 0.2) is 53.4 Å². The molecule has 1 aliphatic heterocycles. The Bertz CT molecular complexity index is 811. The van der Waals surface area contributed by atoms with E-state index in [0.717, 1.165) is 43.6 Å². The van der Waals surface area contributed by atoms with Crippen LogP contribution < -0.4 is 4.72 Å². The highest BCUT2D eigenvalue weighted by Gasteiger charge is 2.25. The highest BCUT2D eigenvalue weighted by Crippen LogP contribution is 2.20. The van der Waals surface area contributed by atoms with Crippen molar-refractivity contribution in [3.8, 4) is 0 Å². The summed E-state index contributed by atoms with van der Waals surface area (Å²) >= 11 is 0. The van der Waals surface area contributed by atoms with Crippen LogP contribution in [0.3, 0.4) is 0 Å². The van der Waals surface area contributed by atoms with E-state index in [9.17, 15) is 8.42 Å². The Morgan fingerprint density at radius 2 is 1.72 bits per heavy atom. The average molecular weight is 359 g/mol. The number of hydrogen-bond acceptors (Lipinski definition) is 3. The third-order valence-corrected chi connectivity index (χ3v) is 6.46. The lowest BCUT2D eigenvalue weighted by Gasteiger charge is -2.32. The lowest BCUT2D eigenvalue weighted by Crippen LogP contribution is -2.44. The smallest absolute Gasteiger partial charge is 0.241 e. The van der Waals surface area contributed by atoms with Gasteiger partial charge in [-0.2, -0.15) is 0 Å². The Kier molecular flexibility index (Phi) is 5.57. The number of rotatable bonds is 5. The molecule has 0 bridgehead atoms. The van der Waals surface area contributed by atoms with Crippen molar-refractivity contribution in [2.24, 2.45) is 0 Å². The van der Waals surface area contributed by atoms with E-state index in [1.165, 1.54) is 5.56 Å². The molecular formula is C20H26N2O2S. The average Bonchev–Trinajstić information content (AvgIpc) is 2.57. The van der Waals surface area contributed by atoms with E-state index < -0.39 is 10.0 Å². The highest BCUT2D eigenvalue weighted by molar-refractivity contribution is 7.89. The second-order valence-electron chi connectivity index (χ2n) is 6.93. The van der Waals surface area contributed by atoms with Gasteiger partial charge in [-0.1, -0.05) is 48.0 Å². The maximum absolute atomic E-state index is 12.7. The molecule has 0 atom stereocenters. The number of nitrogens with zero attached hydrogens (tertiary/aromatic N) is 1. The van der Waals surface area contributed by atoms with Crippen LogP contribution >= 0.6 is 0 Å². The van der Waals surface area contributed by atoms with Crippen LogP contribution in [-0.2, 0) is 16.6 Å². The molecule has 4 nitrogen and oxygen atoms in total. The van der Waals surface area contributed by atoms with Gasteiger partial charge in [-0.05, 0) is 43.9 Å². The van der Waals surface area contributed by atoms with E-state index in [1.54, 1.807) is 6.07 Å². The summed E-state index contributed by atoms with van der Waals surface area (Å²) in [5, 5.41) is 0. The fraction of sp³-hybridized carbons (Fsp3) is 0.400. The van der Waals surface area contributed by atoms with Gasteiger partial charge in [-0.15, -0.1) is 0 Å². The lowest BCUT2D eigenvalue weighted by molar-refractivity contribution is 0.200. The molecule has 0 saturated carbocycles. The third-order valence-electron chi connectivity index (χ3n) is 4.78. The first-order chi connectivity index (χ1) is 11.9. The molecule has 3 rings (SSSR count). The summed E-state index contributed by atoms with van der Waals surface area (Å²) in [6.45, 7) is 6.57. The van der Waals surface area contributed by atoms with E-state index in [1.807, 2.05) is 32.0 Å². The van der Waals surface area contributed by atoms with Gasteiger partial charge in [0, 0.05) is 25.7 Å². The summed E-state index contributed by atoms with van der Waals surface area (Å²) in [6.07, 6.45) is 1.69. The van der Waals surface area contributed by atoms with Crippen molar-refractivity contribution >= 4 is 10.0 Å². The van der Waals surface area contributed by atoms with Crippen molar-refractivity contribution in [3.05, 3.63) is 65.2 Å². The number of aryl methyl sites for hydroxylation is 2. The summed E-state index contributed by atoms with van der Waals surface area (Å²) in [5.41, 5.74) is 3.18. The molecule has 5 heteroatoms. The quantitative estimate of drug-likeness (QED) is 0.893. The fourth-order valence-corrected chi connectivity index (χ4v) is 4.97. The third kappa shape index (κ3) is 4.69. The fourth-order valence-electron chi connectivity index (χ4n) is 3.43. The van der Waals surface area contributed by atoms with Crippen molar-refractivity contribution in [2.45, 2.75) is 44.2 Å². The van der Waals surface area contributed by atoms with Crippen LogP contribution in [0.1, 0.15) is 29.5 Å². The highest BCUT2D eigenvalue weighted by atomic mass is 32.2. The zero-order valence-electron chi connectivity index (χ0n) is 14.9. The molecule has 1 aliphatic rings. The Morgan fingerprint density at radius 1 is 1.04 bits per heavy atom. The zero-order valence-corrected chi connectivity index (χ0v) is 15.7. The largest absolute Gasteiger partial charge is 0.299 e.